The summed E-state index contributed by atoms with van der Waals surface area (Å²) in [7, 11) is 0. The molecule has 2 nitrogen and oxygen atoms in total. The van der Waals surface area contributed by atoms with Gasteiger partial charge in [-0.1, -0.05) is 99.8 Å². The molecule has 1 fully saturated rings. The Balaban J connectivity index is 1.50. The Morgan fingerprint density at radius 2 is 1.56 bits per heavy atom. The van der Waals surface area contributed by atoms with Crippen molar-refractivity contribution in [2.45, 2.75) is 88.9 Å². The average Bonchev–Trinajstić information content (AvgIpc) is 3.32. The molecule has 0 saturated heterocycles. The van der Waals surface area contributed by atoms with Crippen LogP contribution in [0, 0.1) is 0 Å². The van der Waals surface area contributed by atoms with E-state index in [0.29, 0.717) is 5.92 Å². The number of hydrogen-bond acceptors (Lipinski definition) is 2. The lowest BCUT2D eigenvalue weighted by Gasteiger charge is -2.44. The van der Waals surface area contributed by atoms with Crippen LogP contribution in [0.1, 0.15) is 93.1 Å². The minimum absolute atomic E-state index is 0.0862. The van der Waals surface area contributed by atoms with Crippen LogP contribution < -0.4 is 4.74 Å². The van der Waals surface area contributed by atoms with Gasteiger partial charge in [0.15, 0.2) is 0 Å². The molecule has 0 N–H and O–H groups in total. The van der Waals surface area contributed by atoms with Crippen LogP contribution in [0.5, 0.6) is 5.75 Å². The summed E-state index contributed by atoms with van der Waals surface area (Å²) in [4.78, 5) is 0. The first-order valence-electron chi connectivity index (χ1n) is 13.2. The minimum atomic E-state index is -0.319. The van der Waals surface area contributed by atoms with Gasteiger partial charge in [0.1, 0.15) is 5.75 Å². The quantitative estimate of drug-likeness (QED) is 0.318. The van der Waals surface area contributed by atoms with Crippen molar-refractivity contribution in [3.8, 4) is 5.75 Å². The Morgan fingerprint density at radius 3 is 2.29 bits per heavy atom. The van der Waals surface area contributed by atoms with E-state index in [4.69, 9.17) is 9.47 Å². The van der Waals surface area contributed by atoms with Crippen molar-refractivity contribution in [1.82, 2.24) is 0 Å². The van der Waals surface area contributed by atoms with Gasteiger partial charge in [0.2, 0.25) is 6.29 Å². The summed E-state index contributed by atoms with van der Waals surface area (Å²) >= 11 is 0. The summed E-state index contributed by atoms with van der Waals surface area (Å²) < 4.78 is 13.9. The molecule has 3 atom stereocenters. The van der Waals surface area contributed by atoms with Gasteiger partial charge in [-0.05, 0) is 72.4 Å². The van der Waals surface area contributed by atoms with Crippen LogP contribution in [-0.2, 0) is 16.6 Å². The third kappa shape index (κ3) is 4.66. The Morgan fingerprint density at radius 1 is 0.853 bits per heavy atom. The lowest BCUT2D eigenvalue weighted by atomic mass is 9.68. The van der Waals surface area contributed by atoms with E-state index in [2.05, 4.69) is 92.7 Å². The molecule has 0 spiro atoms. The zero-order chi connectivity index (χ0) is 23.4. The number of aryl methyl sites for hydroxylation is 1. The van der Waals surface area contributed by atoms with E-state index < -0.39 is 0 Å². The maximum absolute atomic E-state index is 7.02. The van der Waals surface area contributed by atoms with Crippen molar-refractivity contribution >= 4 is 0 Å². The monoisotopic (exact) mass is 454 g/mol. The third-order valence-corrected chi connectivity index (χ3v) is 8.22. The van der Waals surface area contributed by atoms with Crippen LogP contribution in [-0.4, -0.2) is 6.29 Å². The van der Waals surface area contributed by atoms with Gasteiger partial charge in [-0.25, -0.2) is 0 Å². The van der Waals surface area contributed by atoms with Crippen LogP contribution in [0.2, 0.25) is 0 Å². The molecule has 3 unspecified atom stereocenters. The molecule has 3 aromatic carbocycles. The molecule has 0 radical (unpaired) electrons. The zero-order valence-corrected chi connectivity index (χ0v) is 20.7. The van der Waals surface area contributed by atoms with Crippen LogP contribution in [0.3, 0.4) is 0 Å². The van der Waals surface area contributed by atoms with Crippen molar-refractivity contribution in [3.63, 3.8) is 0 Å². The second kappa shape index (κ2) is 10.4. The second-order valence-corrected chi connectivity index (χ2v) is 10.3. The van der Waals surface area contributed by atoms with E-state index in [1.807, 2.05) is 0 Å². The molecule has 2 aliphatic rings. The molecule has 2 aliphatic carbocycles. The van der Waals surface area contributed by atoms with Gasteiger partial charge in [-0.2, -0.15) is 0 Å². The van der Waals surface area contributed by atoms with E-state index in [9.17, 15) is 0 Å². The van der Waals surface area contributed by atoms with Crippen molar-refractivity contribution in [2.24, 2.45) is 0 Å². The van der Waals surface area contributed by atoms with Gasteiger partial charge in [0, 0.05) is 0 Å². The van der Waals surface area contributed by atoms with E-state index in [0.717, 1.165) is 37.9 Å². The average molecular weight is 455 g/mol. The number of hydrogen-bond donors (Lipinski definition) is 0. The summed E-state index contributed by atoms with van der Waals surface area (Å²) in [6, 6.07) is 28.5. The van der Waals surface area contributed by atoms with E-state index >= 15 is 0 Å². The lowest BCUT2D eigenvalue weighted by molar-refractivity contribution is -0.169. The SMILES string of the molecule is CCC(C)c1ccc(OC(OC2CCc3ccccc32)C2(c3ccccc3)CCCCC2)cc1. The number of benzene rings is 3. The Labute approximate surface area is 205 Å². The molecule has 0 aliphatic heterocycles. The van der Waals surface area contributed by atoms with Gasteiger partial charge in [0.05, 0.1) is 11.5 Å². The molecule has 0 heterocycles. The summed E-state index contributed by atoms with van der Waals surface area (Å²) in [5, 5.41) is 0. The van der Waals surface area contributed by atoms with Crippen LogP contribution in [0.25, 0.3) is 0 Å². The fraction of sp³-hybridized carbons (Fsp3) is 0.438. The number of rotatable bonds is 8. The molecular formula is C32H38O2. The Hall–Kier alpha value is -2.58. The molecular weight excluding hydrogens is 416 g/mol. The van der Waals surface area contributed by atoms with Gasteiger partial charge in [0.25, 0.3) is 0 Å². The van der Waals surface area contributed by atoms with Crippen molar-refractivity contribution in [1.29, 1.82) is 0 Å². The fourth-order valence-corrected chi connectivity index (χ4v) is 5.93. The fourth-order valence-electron chi connectivity index (χ4n) is 5.93. The Kier molecular flexibility index (Phi) is 7.06. The largest absolute Gasteiger partial charge is 0.464 e. The molecule has 0 bridgehead atoms. The highest BCUT2D eigenvalue weighted by atomic mass is 16.7. The smallest absolute Gasteiger partial charge is 0.210 e. The first kappa shape index (κ1) is 23.2. The highest BCUT2D eigenvalue weighted by molar-refractivity contribution is 5.35. The van der Waals surface area contributed by atoms with Crippen LogP contribution >= 0.6 is 0 Å². The van der Waals surface area contributed by atoms with Crippen LogP contribution in [0.4, 0.5) is 0 Å². The van der Waals surface area contributed by atoms with Gasteiger partial charge in [-0.3, -0.25) is 0 Å². The standard InChI is InChI=1S/C32H38O2/c1-3-24(2)25-16-19-28(20-17-25)33-31(34-30-21-18-26-12-8-9-15-29(26)30)32(22-10-5-11-23-32)27-13-6-4-7-14-27/h4,6-9,12-17,19-20,24,30-31H,3,5,10-11,18,21-23H2,1-2H3. The second-order valence-electron chi connectivity index (χ2n) is 10.3. The number of fused-ring (bicyclic) bond motifs is 1. The van der Waals surface area contributed by atoms with Crippen molar-refractivity contribution in [2.75, 3.05) is 0 Å². The van der Waals surface area contributed by atoms with E-state index in [-0.39, 0.29) is 17.8 Å². The zero-order valence-electron chi connectivity index (χ0n) is 20.7. The molecule has 0 aromatic heterocycles. The third-order valence-electron chi connectivity index (χ3n) is 8.22. The topological polar surface area (TPSA) is 18.5 Å². The maximum atomic E-state index is 7.02. The molecule has 34 heavy (non-hydrogen) atoms. The summed E-state index contributed by atoms with van der Waals surface area (Å²) in [5.74, 6) is 1.47. The van der Waals surface area contributed by atoms with Crippen molar-refractivity contribution < 1.29 is 9.47 Å². The molecule has 0 amide bonds. The van der Waals surface area contributed by atoms with Crippen LogP contribution in [0.15, 0.2) is 78.9 Å². The highest BCUT2D eigenvalue weighted by Gasteiger charge is 2.45. The molecule has 5 rings (SSSR count). The summed E-state index contributed by atoms with van der Waals surface area (Å²) in [6.07, 6.45) is 8.93. The normalized spacial score (nSPS) is 20.9. The minimum Gasteiger partial charge on any atom is -0.464 e. The summed E-state index contributed by atoms with van der Waals surface area (Å²) in [6.45, 7) is 4.52. The molecule has 1 saturated carbocycles. The predicted molar refractivity (Wildman–Crippen MR) is 139 cm³/mol. The van der Waals surface area contributed by atoms with Gasteiger partial charge in [-0.15, -0.1) is 0 Å². The molecule has 178 valence electrons. The van der Waals surface area contributed by atoms with E-state index in [1.54, 1.807) is 0 Å². The van der Waals surface area contributed by atoms with Crippen molar-refractivity contribution in [3.05, 3.63) is 101 Å². The number of ether oxygens (including phenoxy) is 2. The predicted octanol–water partition coefficient (Wildman–Crippen LogP) is 8.51. The lowest BCUT2D eigenvalue weighted by Crippen LogP contribution is -2.47. The first-order valence-corrected chi connectivity index (χ1v) is 13.2. The van der Waals surface area contributed by atoms with Gasteiger partial charge >= 0.3 is 0 Å². The molecule has 2 heteroatoms. The molecule has 3 aromatic rings. The summed E-state index contributed by atoms with van der Waals surface area (Å²) in [5.41, 5.74) is 5.34. The Bertz CT molecular complexity index is 1050. The maximum Gasteiger partial charge on any atom is 0.210 e. The first-order chi connectivity index (χ1) is 16.7. The van der Waals surface area contributed by atoms with E-state index in [1.165, 1.54) is 41.5 Å². The highest BCUT2D eigenvalue weighted by Crippen LogP contribution is 2.47. The van der Waals surface area contributed by atoms with Gasteiger partial charge < -0.3 is 9.47 Å².